The Bertz CT molecular complexity index is 293. The van der Waals surface area contributed by atoms with Gasteiger partial charge in [0.25, 0.3) is 0 Å². The van der Waals surface area contributed by atoms with Crippen molar-refractivity contribution in [2.45, 2.75) is 39.5 Å². The molecule has 90 valence electrons. The van der Waals surface area contributed by atoms with Crippen molar-refractivity contribution >= 4 is 5.97 Å². The van der Waals surface area contributed by atoms with Gasteiger partial charge in [0.1, 0.15) is 0 Å². The van der Waals surface area contributed by atoms with E-state index in [1.807, 2.05) is 6.92 Å². The van der Waals surface area contributed by atoms with Crippen LogP contribution in [0.5, 0.6) is 0 Å². The molecule has 0 amide bonds. The summed E-state index contributed by atoms with van der Waals surface area (Å²) in [6, 6.07) is 0. The molecule has 1 fully saturated rings. The Balaban J connectivity index is 2.54. The molecular weight excluding hydrogens is 202 g/mol. The maximum absolute atomic E-state index is 11.3. The van der Waals surface area contributed by atoms with Crippen LogP contribution in [0.4, 0.5) is 0 Å². The molecule has 0 radical (unpaired) electrons. The van der Waals surface area contributed by atoms with E-state index >= 15 is 0 Å². The van der Waals surface area contributed by atoms with E-state index in [0.29, 0.717) is 0 Å². The molecule has 0 aromatic rings. The van der Waals surface area contributed by atoms with Gasteiger partial charge in [-0.05, 0) is 26.2 Å². The molecule has 3 nitrogen and oxygen atoms in total. The molecule has 0 atom stereocenters. The average Bonchev–Trinajstić information content (AvgIpc) is 2.28. The number of carbonyl (C=O) groups is 1. The van der Waals surface area contributed by atoms with E-state index in [2.05, 4.69) is 23.7 Å². The van der Waals surface area contributed by atoms with Crippen LogP contribution in [-0.4, -0.2) is 35.6 Å². The fourth-order valence-electron chi connectivity index (χ4n) is 2.38. The minimum absolute atomic E-state index is 0.467. The summed E-state index contributed by atoms with van der Waals surface area (Å²) < 4.78 is 0. The first-order valence-electron chi connectivity index (χ1n) is 6.00. The first-order valence-corrected chi connectivity index (χ1v) is 6.00. The molecule has 0 unspecified atom stereocenters. The molecule has 0 aromatic carbocycles. The van der Waals surface area contributed by atoms with E-state index in [-0.39, 0.29) is 0 Å². The van der Waals surface area contributed by atoms with Crippen LogP contribution in [0.3, 0.4) is 0 Å². The summed E-state index contributed by atoms with van der Waals surface area (Å²) >= 11 is 0. The lowest BCUT2D eigenvalue weighted by Crippen LogP contribution is -2.44. The van der Waals surface area contributed by atoms with Gasteiger partial charge < -0.3 is 5.11 Å². The summed E-state index contributed by atoms with van der Waals surface area (Å²) in [5.74, 6) is 5.30. The Kier molecular flexibility index (Phi) is 4.82. The number of rotatable bonds is 4. The number of nitrogens with zero attached hydrogens (tertiary/aromatic N) is 1. The number of hydrogen-bond donors (Lipinski definition) is 1. The Morgan fingerprint density at radius 3 is 2.50 bits per heavy atom. The van der Waals surface area contributed by atoms with Gasteiger partial charge in [-0.25, -0.2) is 0 Å². The summed E-state index contributed by atoms with van der Waals surface area (Å²) in [4.78, 5) is 13.6. The van der Waals surface area contributed by atoms with Crippen LogP contribution in [-0.2, 0) is 4.79 Å². The van der Waals surface area contributed by atoms with Gasteiger partial charge in [0.15, 0.2) is 0 Å². The number of carboxylic acids is 1. The van der Waals surface area contributed by atoms with Crippen molar-refractivity contribution in [1.29, 1.82) is 0 Å². The third-order valence-corrected chi connectivity index (χ3v) is 3.47. The summed E-state index contributed by atoms with van der Waals surface area (Å²) in [6.07, 6.45) is 3.28. The van der Waals surface area contributed by atoms with E-state index in [1.54, 1.807) is 0 Å². The smallest absolute Gasteiger partial charge is 0.309 e. The van der Waals surface area contributed by atoms with Crippen LogP contribution in [0.15, 0.2) is 0 Å². The molecule has 16 heavy (non-hydrogen) atoms. The number of likely N-dealkylation sites (tertiary alicyclic amines) is 1. The predicted molar refractivity (Wildman–Crippen MR) is 64.1 cm³/mol. The van der Waals surface area contributed by atoms with Gasteiger partial charge >= 0.3 is 5.97 Å². The van der Waals surface area contributed by atoms with Crippen molar-refractivity contribution in [3.8, 4) is 11.8 Å². The normalized spacial score (nSPS) is 19.9. The first kappa shape index (κ1) is 13.1. The predicted octanol–water partition coefficient (Wildman–Crippen LogP) is 1.98. The molecule has 0 spiro atoms. The second kappa shape index (κ2) is 5.91. The van der Waals surface area contributed by atoms with Gasteiger partial charge in [-0.1, -0.05) is 19.3 Å². The van der Waals surface area contributed by atoms with E-state index < -0.39 is 11.4 Å². The fourth-order valence-corrected chi connectivity index (χ4v) is 2.38. The summed E-state index contributed by atoms with van der Waals surface area (Å²) in [5.41, 5.74) is -0.467. The van der Waals surface area contributed by atoms with Crippen molar-refractivity contribution in [3.63, 3.8) is 0 Å². The van der Waals surface area contributed by atoms with Crippen LogP contribution >= 0.6 is 0 Å². The summed E-state index contributed by atoms with van der Waals surface area (Å²) in [7, 11) is 0. The Morgan fingerprint density at radius 2 is 2.06 bits per heavy atom. The van der Waals surface area contributed by atoms with Gasteiger partial charge in [0.2, 0.25) is 0 Å². The summed E-state index contributed by atoms with van der Waals surface area (Å²) in [5, 5.41) is 9.34. The van der Waals surface area contributed by atoms with Gasteiger partial charge in [0.05, 0.1) is 12.0 Å². The van der Waals surface area contributed by atoms with Crippen molar-refractivity contribution < 1.29 is 9.90 Å². The zero-order valence-electron chi connectivity index (χ0n) is 10.3. The Hall–Kier alpha value is -1.01. The molecule has 0 saturated carbocycles. The second-order valence-corrected chi connectivity index (χ2v) is 4.54. The molecule has 1 rings (SSSR count). The molecular formula is C13H21NO2. The highest BCUT2D eigenvalue weighted by atomic mass is 16.4. The van der Waals surface area contributed by atoms with Crippen molar-refractivity contribution in [3.05, 3.63) is 0 Å². The van der Waals surface area contributed by atoms with Crippen molar-refractivity contribution in [2.24, 2.45) is 5.41 Å². The molecule has 0 aromatic heterocycles. The lowest BCUT2D eigenvalue weighted by molar-refractivity contribution is -0.152. The number of aliphatic carboxylic acids is 1. The zero-order valence-corrected chi connectivity index (χ0v) is 10.3. The highest BCUT2D eigenvalue weighted by molar-refractivity contribution is 5.74. The molecule has 1 heterocycles. The van der Waals surface area contributed by atoms with E-state index in [4.69, 9.17) is 0 Å². The fraction of sp³-hybridized carbons (Fsp3) is 0.769. The second-order valence-electron chi connectivity index (χ2n) is 4.54. The van der Waals surface area contributed by atoms with E-state index in [0.717, 1.165) is 45.3 Å². The number of piperidine rings is 1. The zero-order chi connectivity index (χ0) is 12.0. The summed E-state index contributed by atoms with van der Waals surface area (Å²) in [6.45, 7) is 6.39. The van der Waals surface area contributed by atoms with Gasteiger partial charge in [-0.15, -0.1) is 5.92 Å². The average molecular weight is 223 g/mol. The third kappa shape index (κ3) is 2.99. The van der Waals surface area contributed by atoms with Crippen LogP contribution in [0.2, 0.25) is 0 Å². The van der Waals surface area contributed by atoms with E-state index in [9.17, 15) is 9.90 Å². The standard InChI is InChI=1S/C13H21NO2/c1-3-5-9-14-10-7-13(6-4-2,8-11-14)12(15)16/h4,6-11H2,1-2H3,(H,15,16). The third-order valence-electron chi connectivity index (χ3n) is 3.47. The lowest BCUT2D eigenvalue weighted by atomic mass is 9.75. The minimum atomic E-state index is -0.615. The largest absolute Gasteiger partial charge is 0.481 e. The van der Waals surface area contributed by atoms with Crippen LogP contribution in [0.1, 0.15) is 39.5 Å². The maximum Gasteiger partial charge on any atom is 0.309 e. The highest BCUT2D eigenvalue weighted by Gasteiger charge is 2.40. The van der Waals surface area contributed by atoms with E-state index in [1.165, 1.54) is 0 Å². The van der Waals surface area contributed by atoms with Crippen LogP contribution < -0.4 is 0 Å². The SMILES string of the molecule is CC#CCN1CCC(CCC)(C(=O)O)CC1. The van der Waals surface area contributed by atoms with Gasteiger partial charge in [-0.2, -0.15) is 0 Å². The lowest BCUT2D eigenvalue weighted by Gasteiger charge is -2.38. The quantitative estimate of drug-likeness (QED) is 0.741. The topological polar surface area (TPSA) is 40.5 Å². The monoisotopic (exact) mass is 223 g/mol. The molecule has 1 aliphatic heterocycles. The Labute approximate surface area is 97.8 Å². The maximum atomic E-state index is 11.3. The van der Waals surface area contributed by atoms with Crippen molar-refractivity contribution in [1.82, 2.24) is 4.90 Å². The number of hydrogen-bond acceptors (Lipinski definition) is 2. The van der Waals surface area contributed by atoms with Crippen molar-refractivity contribution in [2.75, 3.05) is 19.6 Å². The van der Waals surface area contributed by atoms with Gasteiger partial charge in [-0.3, -0.25) is 9.69 Å². The molecule has 1 N–H and O–H groups in total. The van der Waals surface area contributed by atoms with Crippen LogP contribution in [0, 0.1) is 17.3 Å². The molecule has 0 bridgehead atoms. The Morgan fingerprint density at radius 1 is 1.44 bits per heavy atom. The first-order chi connectivity index (χ1) is 7.64. The number of carboxylic acid groups (broad SMARTS) is 1. The molecule has 0 aliphatic carbocycles. The highest BCUT2D eigenvalue weighted by Crippen LogP contribution is 2.36. The molecule has 3 heteroatoms. The van der Waals surface area contributed by atoms with Crippen LogP contribution in [0.25, 0.3) is 0 Å². The molecule has 1 aliphatic rings. The van der Waals surface area contributed by atoms with Gasteiger partial charge in [0, 0.05) is 13.1 Å². The molecule has 1 saturated heterocycles. The minimum Gasteiger partial charge on any atom is -0.481 e.